The zero-order valence-electron chi connectivity index (χ0n) is 9.79. The van der Waals surface area contributed by atoms with Gasteiger partial charge < -0.3 is 0 Å². The van der Waals surface area contributed by atoms with E-state index in [2.05, 4.69) is 38.1 Å². The van der Waals surface area contributed by atoms with Crippen LogP contribution in [0, 0.1) is 0 Å². The lowest BCUT2D eigenvalue weighted by Crippen LogP contribution is -1.93. The third-order valence-electron chi connectivity index (χ3n) is 3.14. The number of hydrogen-bond donors (Lipinski definition) is 0. The van der Waals surface area contributed by atoms with Crippen molar-refractivity contribution in [3.8, 4) is 0 Å². The van der Waals surface area contributed by atoms with E-state index in [9.17, 15) is 4.79 Å². The van der Waals surface area contributed by atoms with E-state index in [1.807, 2.05) is 6.07 Å². The molecule has 16 heavy (non-hydrogen) atoms. The summed E-state index contributed by atoms with van der Waals surface area (Å²) >= 11 is 0. The van der Waals surface area contributed by atoms with Crippen LogP contribution in [-0.4, -0.2) is 6.29 Å². The lowest BCUT2D eigenvalue weighted by atomic mass is 9.94. The molecule has 1 nitrogen and oxygen atoms in total. The van der Waals surface area contributed by atoms with Crippen molar-refractivity contribution in [2.24, 2.45) is 0 Å². The molecular weight excluding hydrogens is 196 g/mol. The molecule has 0 atom stereocenters. The first-order valence-electron chi connectivity index (χ1n) is 5.80. The number of benzene rings is 2. The molecule has 2 aromatic rings. The van der Waals surface area contributed by atoms with Crippen LogP contribution in [0.15, 0.2) is 30.3 Å². The van der Waals surface area contributed by atoms with Crippen LogP contribution >= 0.6 is 0 Å². The molecule has 1 heteroatoms. The number of aldehydes is 1. The highest BCUT2D eigenvalue weighted by Crippen LogP contribution is 2.26. The van der Waals surface area contributed by atoms with Crippen molar-refractivity contribution in [3.05, 3.63) is 47.0 Å². The van der Waals surface area contributed by atoms with Crippen LogP contribution in [0.2, 0.25) is 0 Å². The summed E-state index contributed by atoms with van der Waals surface area (Å²) in [4.78, 5) is 11.1. The van der Waals surface area contributed by atoms with Crippen molar-refractivity contribution in [2.45, 2.75) is 26.7 Å². The lowest BCUT2D eigenvalue weighted by Gasteiger charge is -2.10. The number of hydrogen-bond acceptors (Lipinski definition) is 1. The van der Waals surface area contributed by atoms with Crippen molar-refractivity contribution >= 4 is 17.1 Å². The van der Waals surface area contributed by atoms with Crippen molar-refractivity contribution in [2.75, 3.05) is 0 Å². The Morgan fingerprint density at radius 2 is 1.75 bits per heavy atom. The summed E-state index contributed by atoms with van der Waals surface area (Å²) in [6, 6.07) is 10.3. The summed E-state index contributed by atoms with van der Waals surface area (Å²) in [5.41, 5.74) is 3.38. The molecule has 0 N–H and O–H groups in total. The molecule has 82 valence electrons. The zero-order valence-corrected chi connectivity index (χ0v) is 9.79. The first-order valence-corrected chi connectivity index (χ1v) is 5.80. The van der Waals surface area contributed by atoms with Gasteiger partial charge >= 0.3 is 0 Å². The van der Waals surface area contributed by atoms with Gasteiger partial charge in [0.2, 0.25) is 0 Å². The van der Waals surface area contributed by atoms with Crippen LogP contribution in [-0.2, 0) is 12.8 Å². The molecule has 2 rings (SSSR count). The van der Waals surface area contributed by atoms with Gasteiger partial charge in [0, 0.05) is 5.56 Å². The Balaban J connectivity index is 2.89. The summed E-state index contributed by atoms with van der Waals surface area (Å²) in [6.45, 7) is 4.27. The van der Waals surface area contributed by atoms with E-state index in [1.54, 1.807) is 0 Å². The van der Waals surface area contributed by atoms with Gasteiger partial charge in [0.1, 0.15) is 0 Å². The fourth-order valence-electron chi connectivity index (χ4n) is 2.27. The van der Waals surface area contributed by atoms with Crippen molar-refractivity contribution < 1.29 is 4.79 Å². The predicted molar refractivity (Wildman–Crippen MR) is 68.1 cm³/mol. The van der Waals surface area contributed by atoms with E-state index >= 15 is 0 Å². The third-order valence-corrected chi connectivity index (χ3v) is 3.14. The minimum absolute atomic E-state index is 0.810. The normalized spacial score (nSPS) is 10.6. The van der Waals surface area contributed by atoms with Crippen LogP contribution in [0.5, 0.6) is 0 Å². The standard InChI is InChI=1S/C15H16O/c1-3-11-8-9-13(10-16)15-12(4-2)6-5-7-14(11)15/h5-10H,3-4H2,1-2H3. The van der Waals surface area contributed by atoms with Crippen LogP contribution in [0.4, 0.5) is 0 Å². The van der Waals surface area contributed by atoms with Crippen LogP contribution in [0.25, 0.3) is 10.8 Å². The highest BCUT2D eigenvalue weighted by Gasteiger charge is 2.07. The number of carbonyl (C=O) groups excluding carboxylic acids is 1. The van der Waals surface area contributed by atoms with Gasteiger partial charge in [0.05, 0.1) is 0 Å². The average molecular weight is 212 g/mol. The minimum atomic E-state index is 0.810. The molecule has 0 saturated carbocycles. The van der Waals surface area contributed by atoms with Crippen molar-refractivity contribution in [1.82, 2.24) is 0 Å². The maximum atomic E-state index is 11.1. The molecular formula is C15H16O. The lowest BCUT2D eigenvalue weighted by molar-refractivity contribution is 0.112. The summed E-state index contributed by atoms with van der Waals surface area (Å²) in [6.07, 6.45) is 2.93. The maximum absolute atomic E-state index is 11.1. The second-order valence-corrected chi connectivity index (χ2v) is 3.98. The van der Waals surface area contributed by atoms with Crippen molar-refractivity contribution in [3.63, 3.8) is 0 Å². The number of aryl methyl sites for hydroxylation is 2. The Morgan fingerprint density at radius 3 is 2.38 bits per heavy atom. The van der Waals surface area contributed by atoms with Gasteiger partial charge in [-0.1, -0.05) is 44.2 Å². The largest absolute Gasteiger partial charge is 0.298 e. The molecule has 0 heterocycles. The Morgan fingerprint density at radius 1 is 1.00 bits per heavy atom. The molecule has 0 aliphatic carbocycles. The molecule has 0 aromatic heterocycles. The first-order chi connectivity index (χ1) is 7.81. The number of rotatable bonds is 3. The van der Waals surface area contributed by atoms with Crippen LogP contribution < -0.4 is 0 Å². The second kappa shape index (κ2) is 4.48. The summed E-state index contributed by atoms with van der Waals surface area (Å²) < 4.78 is 0. The number of fused-ring (bicyclic) bond motifs is 1. The molecule has 2 aromatic carbocycles. The minimum Gasteiger partial charge on any atom is -0.298 e. The van der Waals surface area contributed by atoms with E-state index in [1.165, 1.54) is 16.5 Å². The van der Waals surface area contributed by atoms with E-state index < -0.39 is 0 Å². The Kier molecular flexibility index (Phi) is 3.04. The first kappa shape index (κ1) is 10.9. The summed E-state index contributed by atoms with van der Waals surface area (Å²) in [5.74, 6) is 0. The van der Waals surface area contributed by atoms with Gasteiger partial charge in [0.15, 0.2) is 6.29 Å². The molecule has 0 aliphatic heterocycles. The summed E-state index contributed by atoms with van der Waals surface area (Å²) in [5, 5.41) is 2.37. The fraction of sp³-hybridized carbons (Fsp3) is 0.267. The molecule has 0 bridgehead atoms. The molecule has 0 fully saturated rings. The quantitative estimate of drug-likeness (QED) is 0.708. The molecule has 0 spiro atoms. The highest BCUT2D eigenvalue weighted by molar-refractivity contribution is 6.01. The molecule has 0 amide bonds. The highest BCUT2D eigenvalue weighted by atomic mass is 16.1. The molecule has 0 unspecified atom stereocenters. The smallest absolute Gasteiger partial charge is 0.150 e. The van der Waals surface area contributed by atoms with Gasteiger partial charge in [-0.2, -0.15) is 0 Å². The number of carbonyl (C=O) groups is 1. The fourth-order valence-corrected chi connectivity index (χ4v) is 2.27. The Hall–Kier alpha value is -1.63. The molecule has 0 saturated heterocycles. The van der Waals surface area contributed by atoms with Gasteiger partial charge in [0.25, 0.3) is 0 Å². The van der Waals surface area contributed by atoms with Gasteiger partial charge in [-0.25, -0.2) is 0 Å². The molecule has 0 aliphatic rings. The molecule has 0 radical (unpaired) electrons. The zero-order chi connectivity index (χ0) is 11.5. The monoisotopic (exact) mass is 212 g/mol. The van der Waals surface area contributed by atoms with E-state index in [0.717, 1.165) is 30.1 Å². The van der Waals surface area contributed by atoms with Gasteiger partial charge in [-0.3, -0.25) is 4.79 Å². The maximum Gasteiger partial charge on any atom is 0.150 e. The van der Waals surface area contributed by atoms with Crippen LogP contribution in [0.3, 0.4) is 0 Å². The topological polar surface area (TPSA) is 17.1 Å². The SMILES string of the molecule is CCc1ccc(C=O)c2c(CC)cccc12. The third kappa shape index (κ3) is 1.63. The summed E-state index contributed by atoms with van der Waals surface area (Å²) in [7, 11) is 0. The van der Waals surface area contributed by atoms with E-state index in [0.29, 0.717) is 0 Å². The van der Waals surface area contributed by atoms with E-state index in [-0.39, 0.29) is 0 Å². The predicted octanol–water partition coefficient (Wildman–Crippen LogP) is 3.78. The van der Waals surface area contributed by atoms with Crippen molar-refractivity contribution in [1.29, 1.82) is 0 Å². The Bertz CT molecular complexity index is 526. The second-order valence-electron chi connectivity index (χ2n) is 3.98. The van der Waals surface area contributed by atoms with Gasteiger partial charge in [-0.15, -0.1) is 0 Å². The van der Waals surface area contributed by atoms with Crippen LogP contribution in [0.1, 0.15) is 35.3 Å². The van der Waals surface area contributed by atoms with E-state index in [4.69, 9.17) is 0 Å². The average Bonchev–Trinajstić information content (AvgIpc) is 2.36. The van der Waals surface area contributed by atoms with Gasteiger partial charge in [-0.05, 0) is 34.7 Å². The Labute approximate surface area is 96.1 Å².